The molecule has 4 nitrogen and oxygen atoms in total. The SMILES string of the molecule is O=S(=O)(C(c1ccccc1)S(=O)(=O)C(F)(F)C(F)(F)C(F)(F)C(F)(F)F)C(F)(F)C(F)(F)C(F)(F)C(F)(F)F. The molecular formula is C15H6F18O4S2. The predicted octanol–water partition coefficient (Wildman–Crippen LogP) is 6.37. The van der Waals surface area contributed by atoms with Crippen molar-refractivity contribution in [2.45, 2.75) is 51.1 Å². The van der Waals surface area contributed by atoms with Gasteiger partial charge in [0.2, 0.25) is 24.3 Å². The second-order valence-corrected chi connectivity index (χ2v) is 11.6. The summed E-state index contributed by atoms with van der Waals surface area (Å²) in [5.41, 5.74) is -2.38. The molecule has 0 aliphatic carbocycles. The van der Waals surface area contributed by atoms with Crippen molar-refractivity contribution in [3.8, 4) is 0 Å². The van der Waals surface area contributed by atoms with Crippen LogP contribution in [0.15, 0.2) is 30.3 Å². The van der Waals surface area contributed by atoms with Gasteiger partial charge in [0.1, 0.15) is 0 Å². The highest BCUT2D eigenvalue weighted by Crippen LogP contribution is 2.61. The second-order valence-electron chi connectivity index (χ2n) is 7.16. The van der Waals surface area contributed by atoms with E-state index >= 15 is 0 Å². The van der Waals surface area contributed by atoms with Crippen LogP contribution in [-0.4, -0.2) is 63.4 Å². The van der Waals surface area contributed by atoms with Gasteiger partial charge in [-0.2, -0.15) is 79.0 Å². The monoisotopic (exact) mass is 656 g/mol. The zero-order valence-electron chi connectivity index (χ0n) is 17.2. The summed E-state index contributed by atoms with van der Waals surface area (Å²) in [6.45, 7) is 0. The minimum absolute atomic E-state index is 0.203. The lowest BCUT2D eigenvalue weighted by Gasteiger charge is -2.37. The van der Waals surface area contributed by atoms with Crippen molar-refractivity contribution >= 4 is 19.7 Å². The van der Waals surface area contributed by atoms with Gasteiger partial charge in [0.05, 0.1) is 0 Å². The highest BCUT2D eigenvalue weighted by molar-refractivity contribution is 8.09. The van der Waals surface area contributed by atoms with Gasteiger partial charge in [0, 0.05) is 0 Å². The maximum atomic E-state index is 14.2. The third kappa shape index (κ3) is 4.67. The lowest BCUT2D eigenvalue weighted by molar-refractivity contribution is -0.382. The molecule has 0 N–H and O–H groups in total. The van der Waals surface area contributed by atoms with Crippen LogP contribution in [0.4, 0.5) is 79.0 Å². The summed E-state index contributed by atoms with van der Waals surface area (Å²) in [6.07, 6.45) is -15.6. The van der Waals surface area contributed by atoms with Crippen molar-refractivity contribution in [1.82, 2.24) is 0 Å². The molecule has 0 saturated carbocycles. The van der Waals surface area contributed by atoms with E-state index in [2.05, 4.69) is 0 Å². The van der Waals surface area contributed by atoms with Crippen LogP contribution in [0.5, 0.6) is 0 Å². The molecule has 0 aliphatic heterocycles. The Hall–Kier alpha value is -2.14. The summed E-state index contributed by atoms with van der Waals surface area (Å²) in [4.78, 5) is 0. The van der Waals surface area contributed by atoms with E-state index in [1.165, 1.54) is 0 Å². The highest BCUT2D eigenvalue weighted by atomic mass is 32.3. The van der Waals surface area contributed by atoms with Crippen molar-refractivity contribution in [2.75, 3.05) is 0 Å². The molecule has 0 aromatic heterocycles. The first-order valence-corrected chi connectivity index (χ1v) is 11.7. The molecular weight excluding hydrogens is 650 g/mol. The Kier molecular flexibility index (Phi) is 8.22. The van der Waals surface area contributed by atoms with Gasteiger partial charge in [0.25, 0.3) is 0 Å². The fraction of sp³-hybridized carbons (Fsp3) is 0.600. The van der Waals surface area contributed by atoms with E-state index in [-0.39, 0.29) is 24.3 Å². The highest BCUT2D eigenvalue weighted by Gasteiger charge is 2.89. The molecule has 1 rings (SSSR count). The van der Waals surface area contributed by atoms with Crippen LogP contribution < -0.4 is 0 Å². The van der Waals surface area contributed by atoms with Crippen LogP contribution in [-0.2, 0) is 19.7 Å². The first-order valence-electron chi connectivity index (χ1n) is 8.65. The van der Waals surface area contributed by atoms with Crippen molar-refractivity contribution in [3.63, 3.8) is 0 Å². The lowest BCUT2D eigenvalue weighted by atomic mass is 10.1. The average Bonchev–Trinajstić information content (AvgIpc) is 2.71. The van der Waals surface area contributed by atoms with Crippen molar-refractivity contribution < 1.29 is 95.9 Å². The minimum atomic E-state index is -8.73. The summed E-state index contributed by atoms with van der Waals surface area (Å²) in [5, 5.41) is -16.4. The number of hydrogen-bond donors (Lipinski definition) is 0. The van der Waals surface area contributed by atoms with Crippen LogP contribution in [0, 0.1) is 0 Å². The molecule has 228 valence electrons. The molecule has 1 aromatic rings. The van der Waals surface area contributed by atoms with E-state index in [9.17, 15) is 95.9 Å². The summed E-state index contributed by atoms with van der Waals surface area (Å²) in [7, 11) is -17.5. The predicted molar refractivity (Wildman–Crippen MR) is 88.8 cm³/mol. The van der Waals surface area contributed by atoms with Gasteiger partial charge in [-0.15, -0.1) is 0 Å². The normalized spacial score (nSPS) is 16.1. The van der Waals surface area contributed by atoms with E-state index in [1.807, 2.05) is 0 Å². The van der Waals surface area contributed by atoms with Crippen LogP contribution in [0.3, 0.4) is 0 Å². The largest absolute Gasteiger partial charge is 0.460 e. The van der Waals surface area contributed by atoms with Gasteiger partial charge >= 0.3 is 46.6 Å². The molecule has 0 atom stereocenters. The molecule has 1 aromatic carbocycles. The Labute approximate surface area is 203 Å². The topological polar surface area (TPSA) is 68.3 Å². The molecule has 0 spiro atoms. The van der Waals surface area contributed by atoms with Crippen LogP contribution in [0.2, 0.25) is 0 Å². The molecule has 0 saturated heterocycles. The zero-order chi connectivity index (χ0) is 31.7. The van der Waals surface area contributed by atoms with E-state index < -0.39 is 76.4 Å². The van der Waals surface area contributed by atoms with Gasteiger partial charge in [-0.05, 0) is 5.56 Å². The molecule has 0 unspecified atom stereocenters. The van der Waals surface area contributed by atoms with E-state index in [4.69, 9.17) is 0 Å². The first kappa shape index (κ1) is 34.9. The minimum Gasteiger partial charge on any atom is -0.221 e. The average molecular weight is 656 g/mol. The maximum absolute atomic E-state index is 14.2. The molecule has 0 amide bonds. The number of alkyl halides is 18. The van der Waals surface area contributed by atoms with Crippen molar-refractivity contribution in [1.29, 1.82) is 0 Å². The molecule has 39 heavy (non-hydrogen) atoms. The summed E-state index contributed by atoms with van der Waals surface area (Å²) >= 11 is 0. The Morgan fingerprint density at radius 2 is 0.692 bits per heavy atom. The first-order chi connectivity index (χ1) is 16.7. The number of sulfone groups is 2. The van der Waals surface area contributed by atoms with Gasteiger partial charge < -0.3 is 0 Å². The van der Waals surface area contributed by atoms with Crippen molar-refractivity contribution in [2.24, 2.45) is 0 Å². The molecule has 0 heterocycles. The van der Waals surface area contributed by atoms with E-state index in [1.54, 1.807) is 0 Å². The number of hydrogen-bond acceptors (Lipinski definition) is 4. The fourth-order valence-corrected chi connectivity index (χ4v) is 7.08. The fourth-order valence-electron chi connectivity index (χ4n) is 2.48. The van der Waals surface area contributed by atoms with Crippen molar-refractivity contribution in [3.05, 3.63) is 35.9 Å². The van der Waals surface area contributed by atoms with Crippen LogP contribution >= 0.6 is 0 Å². The molecule has 0 aliphatic rings. The number of benzene rings is 1. The second kappa shape index (κ2) is 9.19. The number of rotatable bonds is 9. The molecule has 0 bridgehead atoms. The van der Waals surface area contributed by atoms with Gasteiger partial charge in [-0.3, -0.25) is 0 Å². The molecule has 0 radical (unpaired) electrons. The Morgan fingerprint density at radius 3 is 0.923 bits per heavy atom. The lowest BCUT2D eigenvalue weighted by Crippen LogP contribution is -2.66. The summed E-state index contributed by atoms with van der Waals surface area (Å²) < 4.78 is 281. The quantitative estimate of drug-likeness (QED) is 0.290. The zero-order valence-corrected chi connectivity index (χ0v) is 18.8. The van der Waals surface area contributed by atoms with E-state index in [0.717, 1.165) is 0 Å². The van der Waals surface area contributed by atoms with Crippen LogP contribution in [0.1, 0.15) is 10.1 Å². The van der Waals surface area contributed by atoms with Gasteiger partial charge in [0.15, 0.2) is 0 Å². The Bertz CT molecular complexity index is 1180. The molecule has 24 heteroatoms. The number of halogens is 18. The standard InChI is InChI=1S/C15H6F18O4S2/c16-8(17,12(24,25)26)10(20,21)14(30,31)38(34,35)7(6-4-2-1-3-5-6)39(36,37)15(32,33)11(22,23)9(18,19)13(27,28)29/h1-5,7H. The van der Waals surface area contributed by atoms with Gasteiger partial charge in [-0.1, -0.05) is 30.3 Å². The molecule has 0 fully saturated rings. The third-order valence-electron chi connectivity index (χ3n) is 4.58. The Balaban J connectivity index is 4.19. The maximum Gasteiger partial charge on any atom is 0.460 e. The van der Waals surface area contributed by atoms with Crippen LogP contribution in [0.25, 0.3) is 0 Å². The summed E-state index contributed by atoms with van der Waals surface area (Å²) in [5.74, 6) is -33.0. The summed E-state index contributed by atoms with van der Waals surface area (Å²) in [6, 6.07) is 0.329. The Morgan fingerprint density at radius 1 is 0.436 bits per heavy atom. The van der Waals surface area contributed by atoms with Gasteiger partial charge in [-0.25, -0.2) is 16.8 Å². The third-order valence-corrected chi connectivity index (χ3v) is 9.72. The van der Waals surface area contributed by atoms with E-state index in [0.29, 0.717) is 6.07 Å². The smallest absolute Gasteiger partial charge is 0.221 e.